The van der Waals surface area contributed by atoms with E-state index < -0.39 is 0 Å². The Morgan fingerprint density at radius 2 is 2.06 bits per heavy atom. The summed E-state index contributed by atoms with van der Waals surface area (Å²) in [7, 11) is 2.19. The minimum atomic E-state index is 0. The highest BCUT2D eigenvalue weighted by Crippen LogP contribution is 2.24. The van der Waals surface area contributed by atoms with E-state index in [1.807, 2.05) is 0 Å². The van der Waals surface area contributed by atoms with E-state index in [0.29, 0.717) is 12.1 Å². The van der Waals surface area contributed by atoms with E-state index in [-0.39, 0.29) is 12.4 Å². The first-order valence-corrected chi connectivity index (χ1v) is 5.66. The zero-order chi connectivity index (χ0) is 10.8. The van der Waals surface area contributed by atoms with Gasteiger partial charge in [0.25, 0.3) is 0 Å². The van der Waals surface area contributed by atoms with Gasteiger partial charge in [0.05, 0.1) is 0 Å². The van der Waals surface area contributed by atoms with Gasteiger partial charge < -0.3 is 5.73 Å². The first-order valence-electron chi connectivity index (χ1n) is 5.66. The minimum absolute atomic E-state index is 0. The summed E-state index contributed by atoms with van der Waals surface area (Å²) in [6, 6.07) is 9.86. The monoisotopic (exact) mass is 240 g/mol. The quantitative estimate of drug-likeness (QED) is 0.879. The van der Waals surface area contributed by atoms with Crippen LogP contribution in [0.15, 0.2) is 24.3 Å². The second-order valence-electron chi connectivity index (χ2n) is 4.79. The molecule has 0 unspecified atom stereocenters. The summed E-state index contributed by atoms with van der Waals surface area (Å²) in [5.74, 6) is 0. The third-order valence-corrected chi connectivity index (χ3v) is 3.29. The first-order chi connectivity index (χ1) is 7.15. The van der Waals surface area contributed by atoms with Crippen LogP contribution < -0.4 is 5.73 Å². The maximum Gasteiger partial charge on any atom is 0.0233 e. The minimum Gasteiger partial charge on any atom is -0.328 e. The molecule has 16 heavy (non-hydrogen) atoms. The standard InChI is InChI=1S/C13H20N2.ClH/c1-10-4-3-5-11(6-10)9-15(2)13-7-12(14)8-13;/h3-6,12-13H,7-9,14H2,1-2H3;1H. The number of rotatable bonds is 3. The molecule has 1 aromatic rings. The van der Waals surface area contributed by atoms with Crippen LogP contribution in [0.5, 0.6) is 0 Å². The van der Waals surface area contributed by atoms with E-state index in [9.17, 15) is 0 Å². The largest absolute Gasteiger partial charge is 0.328 e. The van der Waals surface area contributed by atoms with E-state index in [2.05, 4.69) is 43.1 Å². The Hall–Kier alpha value is -0.570. The highest BCUT2D eigenvalue weighted by atomic mass is 35.5. The van der Waals surface area contributed by atoms with E-state index in [1.165, 1.54) is 11.1 Å². The van der Waals surface area contributed by atoms with Crippen molar-refractivity contribution in [3.05, 3.63) is 35.4 Å². The Morgan fingerprint density at radius 1 is 1.38 bits per heavy atom. The van der Waals surface area contributed by atoms with Crippen LogP contribution >= 0.6 is 12.4 Å². The molecule has 1 aromatic carbocycles. The molecule has 0 bridgehead atoms. The smallest absolute Gasteiger partial charge is 0.0233 e. The maximum atomic E-state index is 5.80. The summed E-state index contributed by atoms with van der Waals surface area (Å²) in [4.78, 5) is 2.41. The Bertz CT molecular complexity index is 334. The lowest BCUT2D eigenvalue weighted by Crippen LogP contribution is -2.48. The summed E-state index contributed by atoms with van der Waals surface area (Å²) in [6.45, 7) is 3.18. The topological polar surface area (TPSA) is 29.3 Å². The molecule has 0 aromatic heterocycles. The first kappa shape index (κ1) is 13.5. The summed E-state index contributed by atoms with van der Waals surface area (Å²) in [5, 5.41) is 0. The molecular formula is C13H21ClN2. The van der Waals surface area contributed by atoms with Gasteiger partial charge in [-0.05, 0) is 32.4 Å². The number of hydrogen-bond acceptors (Lipinski definition) is 2. The molecule has 2 nitrogen and oxygen atoms in total. The van der Waals surface area contributed by atoms with Crippen LogP contribution in [0.25, 0.3) is 0 Å². The highest BCUT2D eigenvalue weighted by Gasteiger charge is 2.28. The van der Waals surface area contributed by atoms with Gasteiger partial charge in [-0.15, -0.1) is 12.4 Å². The Balaban J connectivity index is 0.00000128. The summed E-state index contributed by atoms with van der Waals surface area (Å²) >= 11 is 0. The van der Waals surface area contributed by atoms with Gasteiger partial charge in [0, 0.05) is 18.6 Å². The molecule has 90 valence electrons. The number of aryl methyl sites for hydroxylation is 1. The SMILES string of the molecule is Cc1cccc(CN(C)C2CC(N)C2)c1.Cl. The summed E-state index contributed by atoms with van der Waals surface area (Å²) in [5.41, 5.74) is 8.54. The third-order valence-electron chi connectivity index (χ3n) is 3.29. The fraction of sp³-hybridized carbons (Fsp3) is 0.538. The average Bonchev–Trinajstić information content (AvgIpc) is 2.13. The number of nitrogens with zero attached hydrogens (tertiary/aromatic N) is 1. The molecule has 0 atom stereocenters. The fourth-order valence-electron chi connectivity index (χ4n) is 2.22. The third kappa shape index (κ3) is 3.21. The molecule has 1 aliphatic rings. The number of halogens is 1. The molecule has 3 heteroatoms. The zero-order valence-electron chi connectivity index (χ0n) is 10.0. The van der Waals surface area contributed by atoms with Gasteiger partial charge in [0.15, 0.2) is 0 Å². The van der Waals surface area contributed by atoms with E-state index in [1.54, 1.807) is 0 Å². The molecule has 0 heterocycles. The lowest BCUT2D eigenvalue weighted by Gasteiger charge is -2.39. The van der Waals surface area contributed by atoms with E-state index >= 15 is 0 Å². The molecule has 1 aliphatic carbocycles. The van der Waals surface area contributed by atoms with Crippen molar-refractivity contribution in [2.75, 3.05) is 7.05 Å². The molecule has 1 saturated carbocycles. The van der Waals surface area contributed by atoms with Gasteiger partial charge in [0.1, 0.15) is 0 Å². The predicted molar refractivity (Wildman–Crippen MR) is 70.9 cm³/mol. The molecule has 0 saturated heterocycles. The molecular weight excluding hydrogens is 220 g/mol. The molecule has 1 fully saturated rings. The van der Waals surface area contributed by atoms with Crippen molar-refractivity contribution in [1.29, 1.82) is 0 Å². The van der Waals surface area contributed by atoms with Crippen LogP contribution in [0.3, 0.4) is 0 Å². The normalized spacial score (nSPS) is 23.8. The van der Waals surface area contributed by atoms with Crippen LogP contribution in [-0.2, 0) is 6.54 Å². The second kappa shape index (κ2) is 5.67. The van der Waals surface area contributed by atoms with Crippen LogP contribution in [0.2, 0.25) is 0 Å². The number of benzene rings is 1. The molecule has 0 radical (unpaired) electrons. The van der Waals surface area contributed by atoms with Crippen LogP contribution in [-0.4, -0.2) is 24.0 Å². The Labute approximate surface area is 104 Å². The fourth-order valence-corrected chi connectivity index (χ4v) is 2.22. The van der Waals surface area contributed by atoms with Gasteiger partial charge in [0.2, 0.25) is 0 Å². The summed E-state index contributed by atoms with van der Waals surface area (Å²) in [6.07, 6.45) is 2.31. The van der Waals surface area contributed by atoms with Gasteiger partial charge >= 0.3 is 0 Å². The Kier molecular flexibility index (Phi) is 4.78. The van der Waals surface area contributed by atoms with Crippen LogP contribution in [0.4, 0.5) is 0 Å². The Morgan fingerprint density at radius 3 is 2.62 bits per heavy atom. The van der Waals surface area contributed by atoms with Gasteiger partial charge in [-0.25, -0.2) is 0 Å². The predicted octanol–water partition coefficient (Wildman–Crippen LogP) is 2.34. The van der Waals surface area contributed by atoms with E-state index in [4.69, 9.17) is 5.73 Å². The van der Waals surface area contributed by atoms with Crippen molar-refractivity contribution in [3.8, 4) is 0 Å². The lowest BCUT2D eigenvalue weighted by molar-refractivity contribution is 0.132. The van der Waals surface area contributed by atoms with Crippen molar-refractivity contribution in [2.24, 2.45) is 5.73 Å². The highest BCUT2D eigenvalue weighted by molar-refractivity contribution is 5.85. The lowest BCUT2D eigenvalue weighted by atomic mass is 9.86. The zero-order valence-corrected chi connectivity index (χ0v) is 10.8. The van der Waals surface area contributed by atoms with Crippen LogP contribution in [0, 0.1) is 6.92 Å². The maximum absolute atomic E-state index is 5.80. The second-order valence-corrected chi connectivity index (χ2v) is 4.79. The number of hydrogen-bond donors (Lipinski definition) is 1. The molecule has 0 spiro atoms. The molecule has 0 aliphatic heterocycles. The molecule has 2 rings (SSSR count). The van der Waals surface area contributed by atoms with Crippen LogP contribution in [0.1, 0.15) is 24.0 Å². The number of nitrogens with two attached hydrogens (primary N) is 1. The van der Waals surface area contributed by atoms with Gasteiger partial charge in [-0.1, -0.05) is 29.8 Å². The average molecular weight is 241 g/mol. The summed E-state index contributed by atoms with van der Waals surface area (Å²) < 4.78 is 0. The molecule has 0 amide bonds. The molecule has 2 N–H and O–H groups in total. The van der Waals surface area contributed by atoms with Gasteiger partial charge in [-0.2, -0.15) is 0 Å². The van der Waals surface area contributed by atoms with Crippen molar-refractivity contribution < 1.29 is 0 Å². The van der Waals surface area contributed by atoms with E-state index in [0.717, 1.165) is 19.4 Å². The van der Waals surface area contributed by atoms with Gasteiger partial charge in [-0.3, -0.25) is 4.90 Å². The van der Waals surface area contributed by atoms with Crippen molar-refractivity contribution in [1.82, 2.24) is 4.90 Å². The van der Waals surface area contributed by atoms with Crippen molar-refractivity contribution in [2.45, 2.75) is 38.4 Å². The van der Waals surface area contributed by atoms with Crippen molar-refractivity contribution in [3.63, 3.8) is 0 Å². The van der Waals surface area contributed by atoms with Crippen molar-refractivity contribution >= 4 is 12.4 Å².